The number of aromatic nitrogens is 1. The summed E-state index contributed by atoms with van der Waals surface area (Å²) in [6.07, 6.45) is 3.75. The molecule has 0 spiro atoms. The summed E-state index contributed by atoms with van der Waals surface area (Å²) >= 11 is 3.20. The van der Waals surface area contributed by atoms with Gasteiger partial charge >= 0.3 is 0 Å². The monoisotopic (exact) mass is 389 g/mol. The molecule has 1 aliphatic rings. The van der Waals surface area contributed by atoms with Gasteiger partial charge in [-0.15, -0.1) is 0 Å². The summed E-state index contributed by atoms with van der Waals surface area (Å²) in [7, 11) is 0. The molecule has 2 nitrogen and oxygen atoms in total. The third kappa shape index (κ3) is 2.77. The molecule has 0 bridgehead atoms. The van der Waals surface area contributed by atoms with E-state index < -0.39 is 17.2 Å². The van der Waals surface area contributed by atoms with Crippen LogP contribution in [0, 0.1) is 11.6 Å². The number of benzene rings is 2. The predicted octanol–water partition coefficient (Wildman–Crippen LogP) is 4.97. The molecule has 0 amide bonds. The van der Waals surface area contributed by atoms with Crippen molar-refractivity contribution in [1.29, 1.82) is 0 Å². The van der Waals surface area contributed by atoms with Gasteiger partial charge < -0.3 is 4.57 Å². The van der Waals surface area contributed by atoms with Crippen molar-refractivity contribution in [3.8, 4) is 0 Å². The Balaban J connectivity index is 1.79. The van der Waals surface area contributed by atoms with Gasteiger partial charge in [0.15, 0.2) is 0 Å². The summed E-state index contributed by atoms with van der Waals surface area (Å²) < 4.78 is 30.4. The molecule has 24 heavy (non-hydrogen) atoms. The molecule has 0 atom stereocenters. The Morgan fingerprint density at radius 1 is 1.08 bits per heavy atom. The van der Waals surface area contributed by atoms with Crippen LogP contribution >= 0.6 is 15.9 Å². The Morgan fingerprint density at radius 2 is 1.88 bits per heavy atom. The van der Waals surface area contributed by atoms with Crippen LogP contribution in [-0.4, -0.2) is 4.57 Å². The number of hydrogen-bond acceptors (Lipinski definition) is 1. The second-order valence-electron chi connectivity index (χ2n) is 6.23. The zero-order valence-electron chi connectivity index (χ0n) is 12.7. The van der Waals surface area contributed by atoms with E-state index in [0.717, 1.165) is 18.4 Å². The van der Waals surface area contributed by atoms with E-state index in [4.69, 9.17) is 0 Å². The summed E-state index contributed by atoms with van der Waals surface area (Å²) in [6.45, 7) is 0.0672. The molecule has 5 heteroatoms. The molecule has 0 saturated heterocycles. The molecule has 0 aliphatic heterocycles. The number of halogens is 3. The molecule has 0 unspecified atom stereocenters. The summed E-state index contributed by atoms with van der Waals surface area (Å²) in [5.41, 5.74) is 0.903. The van der Waals surface area contributed by atoms with E-state index in [9.17, 15) is 13.6 Å². The van der Waals surface area contributed by atoms with Crippen molar-refractivity contribution < 1.29 is 8.78 Å². The molecule has 1 aliphatic carbocycles. The lowest BCUT2D eigenvalue weighted by Gasteiger charge is -2.10. The van der Waals surface area contributed by atoms with Crippen LogP contribution in [0.4, 0.5) is 8.78 Å². The van der Waals surface area contributed by atoms with Gasteiger partial charge in [0.2, 0.25) is 0 Å². The second-order valence-corrected chi connectivity index (χ2v) is 7.14. The van der Waals surface area contributed by atoms with Crippen molar-refractivity contribution in [2.24, 2.45) is 0 Å². The zero-order valence-corrected chi connectivity index (χ0v) is 14.3. The summed E-state index contributed by atoms with van der Waals surface area (Å²) in [6, 6.07) is 9.76. The van der Waals surface area contributed by atoms with Gasteiger partial charge in [0.05, 0.1) is 11.9 Å². The van der Waals surface area contributed by atoms with Gasteiger partial charge in [0.25, 0.3) is 5.56 Å². The average Bonchev–Trinajstić information content (AvgIpc) is 3.36. The van der Waals surface area contributed by atoms with Crippen LogP contribution in [0.15, 0.2) is 51.9 Å². The predicted molar refractivity (Wildman–Crippen MR) is 93.3 cm³/mol. The van der Waals surface area contributed by atoms with Gasteiger partial charge in [-0.05, 0) is 54.0 Å². The first-order chi connectivity index (χ1) is 11.5. The van der Waals surface area contributed by atoms with Crippen molar-refractivity contribution in [2.45, 2.75) is 25.3 Å². The quantitative estimate of drug-likeness (QED) is 0.619. The van der Waals surface area contributed by atoms with Gasteiger partial charge in [0.1, 0.15) is 11.6 Å². The Morgan fingerprint density at radius 3 is 2.58 bits per heavy atom. The third-order valence-electron chi connectivity index (χ3n) is 4.46. The van der Waals surface area contributed by atoms with Crippen molar-refractivity contribution in [1.82, 2.24) is 4.57 Å². The molecule has 3 aromatic rings. The Kier molecular flexibility index (Phi) is 3.76. The largest absolute Gasteiger partial charge is 0.310 e. The number of fused-ring (bicyclic) bond motifs is 1. The Labute approximate surface area is 145 Å². The van der Waals surface area contributed by atoms with Gasteiger partial charge in [0, 0.05) is 16.2 Å². The average molecular weight is 390 g/mol. The minimum atomic E-state index is -0.495. The van der Waals surface area contributed by atoms with Crippen molar-refractivity contribution in [2.75, 3.05) is 0 Å². The molecule has 1 aromatic heterocycles. The first kappa shape index (κ1) is 15.5. The van der Waals surface area contributed by atoms with Crippen LogP contribution in [-0.2, 0) is 6.54 Å². The van der Waals surface area contributed by atoms with E-state index in [2.05, 4.69) is 15.9 Å². The van der Waals surface area contributed by atoms with E-state index in [0.29, 0.717) is 21.3 Å². The number of rotatable bonds is 3. The summed E-state index contributed by atoms with van der Waals surface area (Å²) in [4.78, 5) is 12.6. The molecular formula is C19H14BrF2NO. The minimum absolute atomic E-state index is 0.0672. The van der Waals surface area contributed by atoms with Crippen LogP contribution in [0.25, 0.3) is 10.8 Å². The number of hydrogen-bond donors (Lipinski definition) is 0. The molecule has 1 fully saturated rings. The zero-order chi connectivity index (χ0) is 16.8. The Hall–Kier alpha value is -2.01. The fourth-order valence-electron chi connectivity index (χ4n) is 3.00. The van der Waals surface area contributed by atoms with Crippen LogP contribution in [0.2, 0.25) is 0 Å². The highest BCUT2D eigenvalue weighted by molar-refractivity contribution is 9.10. The van der Waals surface area contributed by atoms with Gasteiger partial charge in [-0.1, -0.05) is 28.1 Å². The smallest absolute Gasteiger partial charge is 0.261 e. The van der Waals surface area contributed by atoms with Crippen LogP contribution < -0.4 is 5.56 Å². The highest BCUT2D eigenvalue weighted by Gasteiger charge is 2.25. The maximum atomic E-state index is 14.5. The summed E-state index contributed by atoms with van der Waals surface area (Å²) in [5.74, 6) is -0.478. The standard InChI is InChI=1S/C19H14BrF2NO/c20-15-4-3-13(16(21)9-15)10-23-6-5-12-7-14(11-1-2-11)8-17(22)18(12)19(23)24/h3-9,11H,1-2,10H2. The van der Waals surface area contributed by atoms with Crippen molar-refractivity contribution >= 4 is 26.7 Å². The lowest BCUT2D eigenvalue weighted by Crippen LogP contribution is -2.21. The molecule has 1 heterocycles. The maximum Gasteiger partial charge on any atom is 0.261 e. The fraction of sp³-hybridized carbons (Fsp3) is 0.211. The highest BCUT2D eigenvalue weighted by atomic mass is 79.9. The van der Waals surface area contributed by atoms with Gasteiger partial charge in [-0.3, -0.25) is 4.79 Å². The molecule has 122 valence electrons. The topological polar surface area (TPSA) is 22.0 Å². The van der Waals surface area contributed by atoms with Gasteiger partial charge in [-0.2, -0.15) is 0 Å². The maximum absolute atomic E-state index is 14.5. The minimum Gasteiger partial charge on any atom is -0.310 e. The SMILES string of the molecule is O=c1c2c(F)cc(C3CC3)cc2ccn1Cc1ccc(Br)cc1F. The van der Waals surface area contributed by atoms with E-state index in [1.165, 1.54) is 16.7 Å². The third-order valence-corrected chi connectivity index (χ3v) is 4.95. The lowest BCUT2D eigenvalue weighted by atomic mass is 10.0. The second kappa shape index (κ2) is 5.81. The normalized spacial score (nSPS) is 14.3. The molecule has 0 radical (unpaired) electrons. The van der Waals surface area contributed by atoms with E-state index in [-0.39, 0.29) is 11.9 Å². The van der Waals surface area contributed by atoms with E-state index in [1.54, 1.807) is 24.4 Å². The molecule has 1 saturated carbocycles. The number of nitrogens with zero attached hydrogens (tertiary/aromatic N) is 1. The molecule has 4 rings (SSSR count). The molecule has 2 aromatic carbocycles. The van der Waals surface area contributed by atoms with Crippen LogP contribution in [0.3, 0.4) is 0 Å². The van der Waals surface area contributed by atoms with Crippen molar-refractivity contribution in [3.05, 3.63) is 80.2 Å². The lowest BCUT2D eigenvalue weighted by molar-refractivity contribution is 0.595. The molecule has 0 N–H and O–H groups in total. The first-order valence-electron chi connectivity index (χ1n) is 7.79. The van der Waals surface area contributed by atoms with E-state index >= 15 is 0 Å². The van der Waals surface area contributed by atoms with Gasteiger partial charge in [-0.25, -0.2) is 8.78 Å². The van der Waals surface area contributed by atoms with Crippen LogP contribution in [0.5, 0.6) is 0 Å². The molecular weight excluding hydrogens is 376 g/mol. The Bertz CT molecular complexity index is 1010. The van der Waals surface area contributed by atoms with E-state index in [1.807, 2.05) is 6.07 Å². The fourth-order valence-corrected chi connectivity index (χ4v) is 3.33. The van der Waals surface area contributed by atoms with Crippen molar-refractivity contribution in [3.63, 3.8) is 0 Å². The summed E-state index contributed by atoms with van der Waals surface area (Å²) in [5, 5.41) is 0.675. The number of pyridine rings is 1. The van der Waals surface area contributed by atoms with Crippen LogP contribution in [0.1, 0.15) is 29.9 Å². The first-order valence-corrected chi connectivity index (χ1v) is 8.59. The highest BCUT2D eigenvalue weighted by Crippen LogP contribution is 2.41.